The lowest BCUT2D eigenvalue weighted by Crippen LogP contribution is -2.26. The van der Waals surface area contributed by atoms with Crippen LogP contribution in [0.25, 0.3) is 0 Å². The number of benzene rings is 2. The highest BCUT2D eigenvalue weighted by Crippen LogP contribution is 2.36. The van der Waals surface area contributed by atoms with Gasteiger partial charge in [-0.15, -0.1) is 0 Å². The third kappa shape index (κ3) is 8.21. The summed E-state index contributed by atoms with van der Waals surface area (Å²) < 4.78 is 78.7. The average Bonchev–Trinajstić information content (AvgIpc) is 3.24. The molecule has 0 aliphatic carbocycles. The van der Waals surface area contributed by atoms with Crippen LogP contribution < -0.4 is 5.32 Å². The smallest absolute Gasteiger partial charge is 0.380 e. The van der Waals surface area contributed by atoms with Gasteiger partial charge >= 0.3 is 12.4 Å². The molecule has 1 aliphatic heterocycles. The van der Waals surface area contributed by atoms with Crippen LogP contribution in [0.5, 0.6) is 0 Å². The number of aromatic nitrogens is 1. The zero-order valence-electron chi connectivity index (χ0n) is 20.1. The predicted molar refractivity (Wildman–Crippen MR) is 127 cm³/mol. The highest BCUT2D eigenvalue weighted by atomic mass is 19.4. The summed E-state index contributed by atoms with van der Waals surface area (Å²) >= 11 is 0. The van der Waals surface area contributed by atoms with Gasteiger partial charge in [0, 0.05) is 33.1 Å². The Morgan fingerprint density at radius 2 is 1.51 bits per heavy atom. The Kier molecular flexibility index (Phi) is 9.14. The number of methoxy groups -OCH3 is 1. The van der Waals surface area contributed by atoms with E-state index in [-0.39, 0.29) is 18.2 Å². The van der Waals surface area contributed by atoms with E-state index in [4.69, 9.17) is 0 Å². The van der Waals surface area contributed by atoms with Crippen molar-refractivity contribution < 1.29 is 31.1 Å². The maximum Gasteiger partial charge on any atom is 0.416 e. The summed E-state index contributed by atoms with van der Waals surface area (Å²) in [6, 6.07) is 16.1. The van der Waals surface area contributed by atoms with Crippen LogP contribution in [0.15, 0.2) is 78.0 Å². The van der Waals surface area contributed by atoms with Crippen molar-refractivity contribution in [2.24, 2.45) is 4.99 Å². The second-order valence-electron chi connectivity index (χ2n) is 8.33. The summed E-state index contributed by atoms with van der Waals surface area (Å²) in [6.07, 6.45) is -6.03. The normalized spacial score (nSPS) is 16.8. The zero-order chi connectivity index (χ0) is 27.1. The summed E-state index contributed by atoms with van der Waals surface area (Å²) in [5.74, 6) is 0.954. The first kappa shape index (κ1) is 28.0. The van der Waals surface area contributed by atoms with E-state index in [1.807, 2.05) is 18.2 Å². The van der Waals surface area contributed by atoms with E-state index in [9.17, 15) is 26.3 Å². The largest absolute Gasteiger partial charge is 0.416 e. The minimum atomic E-state index is -4.82. The summed E-state index contributed by atoms with van der Waals surface area (Å²) in [7, 11) is 3.26. The van der Waals surface area contributed by atoms with Crippen LogP contribution in [0.2, 0.25) is 0 Å². The summed E-state index contributed by atoms with van der Waals surface area (Å²) in [5.41, 5.74) is -0.368. The van der Waals surface area contributed by atoms with Gasteiger partial charge in [-0.25, -0.2) is 4.99 Å². The van der Waals surface area contributed by atoms with Gasteiger partial charge < -0.3 is 15.0 Å². The lowest BCUT2D eigenvalue weighted by atomic mass is 10.1. The lowest BCUT2D eigenvalue weighted by molar-refractivity contribution is -0.143. The van der Waals surface area contributed by atoms with Gasteiger partial charge in [-0.3, -0.25) is 4.98 Å². The molecule has 1 fully saturated rings. The molecular weight excluding hydrogens is 498 g/mol. The fourth-order valence-corrected chi connectivity index (χ4v) is 3.64. The van der Waals surface area contributed by atoms with E-state index in [1.165, 1.54) is 18.2 Å². The minimum absolute atomic E-state index is 0.0825. The van der Waals surface area contributed by atoms with Crippen LogP contribution in [0.3, 0.4) is 0 Å². The van der Waals surface area contributed by atoms with Crippen LogP contribution in [-0.2, 0) is 30.2 Å². The van der Waals surface area contributed by atoms with Crippen molar-refractivity contribution in [1.82, 2.24) is 15.2 Å². The molecule has 37 heavy (non-hydrogen) atoms. The van der Waals surface area contributed by atoms with Gasteiger partial charge in [0.2, 0.25) is 0 Å². The van der Waals surface area contributed by atoms with E-state index in [2.05, 4.69) is 56.2 Å². The number of pyridine rings is 1. The maximum atomic E-state index is 12.4. The van der Waals surface area contributed by atoms with E-state index < -0.39 is 23.5 Å². The number of halogens is 6. The van der Waals surface area contributed by atoms with E-state index >= 15 is 0 Å². The second-order valence-corrected chi connectivity index (χ2v) is 8.33. The monoisotopic (exact) mass is 524 g/mol. The number of guanidine groups is 1. The van der Waals surface area contributed by atoms with Gasteiger partial charge in [0.1, 0.15) is 0 Å². The molecule has 0 spiro atoms. The molecule has 0 bridgehead atoms. The van der Waals surface area contributed by atoms with Crippen LogP contribution >= 0.6 is 0 Å². The molecule has 1 aliphatic rings. The number of ether oxygens (including phenoxy) is 1. The molecule has 0 amide bonds. The van der Waals surface area contributed by atoms with Crippen LogP contribution in [0.1, 0.15) is 33.9 Å². The van der Waals surface area contributed by atoms with Crippen LogP contribution in [0, 0.1) is 0 Å². The first-order chi connectivity index (χ1) is 17.5. The molecule has 3 aromatic rings. The zero-order valence-corrected chi connectivity index (χ0v) is 20.1. The quantitative estimate of drug-likeness (QED) is 0.411. The molecule has 0 unspecified atom stereocenters. The number of rotatable bonds is 5. The Hall–Kier alpha value is -3.60. The predicted octanol–water partition coefficient (Wildman–Crippen LogP) is 6.08. The van der Waals surface area contributed by atoms with Gasteiger partial charge in [-0.1, -0.05) is 30.3 Å². The molecule has 198 valence electrons. The Morgan fingerprint density at radius 1 is 0.919 bits per heavy atom. The molecule has 2 aromatic carbocycles. The molecule has 1 atom stereocenters. The van der Waals surface area contributed by atoms with Gasteiger partial charge in [-0.2, -0.15) is 26.3 Å². The standard InChI is InChI=1S/C16H18N4.C10H8F6O/c1-20-12-15(14-5-3-2-4-6-14)19-16(20)18-11-13-7-9-17-10-8-13;1-17-5-6-2-7(9(11,12)13)4-8(3-6)10(14,15)16/h2-10,15H,11-12H2,1H3,(H,18,19);2-4H,5H2,1H3/t15-;/m0./s1. The average molecular weight is 525 g/mol. The third-order valence-electron chi connectivity index (χ3n) is 5.44. The number of hydrogen-bond donors (Lipinski definition) is 1. The molecule has 2 heterocycles. The Morgan fingerprint density at radius 3 is 2.05 bits per heavy atom. The summed E-state index contributed by atoms with van der Waals surface area (Å²) in [6.45, 7) is 1.31. The van der Waals surface area contributed by atoms with Crippen LogP contribution in [0.4, 0.5) is 26.3 Å². The molecule has 4 rings (SSSR count). The molecule has 1 saturated heterocycles. The number of nitrogens with one attached hydrogen (secondary N) is 1. The highest BCUT2D eigenvalue weighted by Gasteiger charge is 2.36. The third-order valence-corrected chi connectivity index (χ3v) is 5.44. The number of likely N-dealkylation sites (N-methyl/N-ethyl adjacent to an activating group) is 1. The number of hydrogen-bond acceptors (Lipinski definition) is 3. The number of alkyl halides is 6. The number of aliphatic imine (C=N–C) groups is 1. The Labute approximate surface area is 210 Å². The Bertz CT molecular complexity index is 1130. The van der Waals surface area contributed by atoms with Gasteiger partial charge in [-0.05, 0) is 47.0 Å². The highest BCUT2D eigenvalue weighted by molar-refractivity contribution is 5.82. The molecule has 1 N–H and O–H groups in total. The molecule has 0 radical (unpaired) electrons. The second kappa shape index (κ2) is 12.1. The van der Waals surface area contributed by atoms with Crippen molar-refractivity contribution in [3.63, 3.8) is 0 Å². The molecule has 11 heteroatoms. The van der Waals surface area contributed by atoms with Gasteiger partial charge in [0.15, 0.2) is 5.96 Å². The summed E-state index contributed by atoms with van der Waals surface area (Å²) in [4.78, 5) is 10.8. The van der Waals surface area contributed by atoms with E-state index in [0.717, 1.165) is 12.5 Å². The topological polar surface area (TPSA) is 49.8 Å². The number of nitrogens with zero attached hydrogens (tertiary/aromatic N) is 3. The van der Waals surface area contributed by atoms with E-state index in [1.54, 1.807) is 12.4 Å². The first-order valence-electron chi connectivity index (χ1n) is 11.2. The molecule has 0 saturated carbocycles. The van der Waals surface area contributed by atoms with Crippen molar-refractivity contribution in [2.45, 2.75) is 31.5 Å². The van der Waals surface area contributed by atoms with Gasteiger partial charge in [0.25, 0.3) is 0 Å². The van der Waals surface area contributed by atoms with Crippen molar-refractivity contribution >= 4 is 5.96 Å². The van der Waals surface area contributed by atoms with Gasteiger partial charge in [0.05, 0.1) is 30.3 Å². The fourth-order valence-electron chi connectivity index (χ4n) is 3.64. The SMILES string of the molecule is CN1C[C@@H](c2ccccc2)NC1=NCc1ccncc1.COCc1cc(C(F)(F)F)cc(C(F)(F)F)c1. The Balaban J connectivity index is 0.000000209. The van der Waals surface area contributed by atoms with Crippen LogP contribution in [-0.4, -0.2) is 36.5 Å². The van der Waals surface area contributed by atoms with Crippen molar-refractivity contribution in [3.8, 4) is 0 Å². The summed E-state index contributed by atoms with van der Waals surface area (Å²) in [5, 5.41) is 3.49. The van der Waals surface area contributed by atoms with E-state index in [0.29, 0.717) is 24.7 Å². The first-order valence-corrected chi connectivity index (χ1v) is 11.2. The fraction of sp³-hybridized carbons (Fsp3) is 0.308. The van der Waals surface area contributed by atoms with Crippen molar-refractivity contribution in [3.05, 3.63) is 101 Å². The van der Waals surface area contributed by atoms with Crippen molar-refractivity contribution in [2.75, 3.05) is 20.7 Å². The van der Waals surface area contributed by atoms with Crippen molar-refractivity contribution in [1.29, 1.82) is 0 Å². The molecule has 5 nitrogen and oxygen atoms in total. The maximum absolute atomic E-state index is 12.4. The molecule has 1 aromatic heterocycles. The minimum Gasteiger partial charge on any atom is -0.380 e. The lowest BCUT2D eigenvalue weighted by Gasteiger charge is -2.13. The molecular formula is C26H26F6N4O.